The molecule has 0 saturated carbocycles. The van der Waals surface area contributed by atoms with Crippen LogP contribution >= 0.6 is 11.6 Å². The van der Waals surface area contributed by atoms with Gasteiger partial charge in [-0.15, -0.1) is 0 Å². The average molecular weight is 373 g/mol. The lowest BCUT2D eigenvalue weighted by Gasteiger charge is -2.20. The molecule has 0 saturated heterocycles. The molecule has 0 aliphatic heterocycles. The van der Waals surface area contributed by atoms with Crippen LogP contribution in [-0.4, -0.2) is 6.03 Å². The lowest BCUT2D eigenvalue weighted by atomic mass is 9.99. The van der Waals surface area contributed by atoms with E-state index in [4.69, 9.17) is 11.6 Å². The number of urea groups is 1. The molecule has 3 rings (SSSR count). The summed E-state index contributed by atoms with van der Waals surface area (Å²) in [6.07, 6.45) is 0. The largest absolute Gasteiger partial charge is 0.327 e. The van der Waals surface area contributed by atoms with Crippen LogP contribution in [0.1, 0.15) is 17.2 Å². The van der Waals surface area contributed by atoms with Crippen molar-refractivity contribution in [1.29, 1.82) is 0 Å². The van der Waals surface area contributed by atoms with Crippen molar-refractivity contribution in [2.45, 2.75) is 6.04 Å². The molecule has 3 aromatic rings. The monoisotopic (exact) mass is 372 g/mol. The second-order valence-electron chi connectivity index (χ2n) is 5.60. The van der Waals surface area contributed by atoms with Crippen LogP contribution in [0.2, 0.25) is 5.02 Å². The van der Waals surface area contributed by atoms with Crippen LogP contribution in [0.4, 0.5) is 19.3 Å². The first-order chi connectivity index (χ1) is 12.5. The Morgan fingerprint density at radius 3 is 1.88 bits per heavy atom. The summed E-state index contributed by atoms with van der Waals surface area (Å²) in [6.45, 7) is 0. The summed E-state index contributed by atoms with van der Waals surface area (Å²) >= 11 is 5.87. The molecule has 0 unspecified atom stereocenters. The van der Waals surface area contributed by atoms with Crippen molar-refractivity contribution < 1.29 is 13.6 Å². The van der Waals surface area contributed by atoms with Gasteiger partial charge in [-0.25, -0.2) is 13.6 Å². The van der Waals surface area contributed by atoms with Crippen molar-refractivity contribution in [2.24, 2.45) is 0 Å². The van der Waals surface area contributed by atoms with Crippen molar-refractivity contribution in [1.82, 2.24) is 5.32 Å². The van der Waals surface area contributed by atoms with Crippen molar-refractivity contribution in [3.63, 3.8) is 0 Å². The number of anilines is 1. The first-order valence-corrected chi connectivity index (χ1v) is 8.24. The summed E-state index contributed by atoms with van der Waals surface area (Å²) in [5.41, 5.74) is 1.75. The van der Waals surface area contributed by atoms with Crippen molar-refractivity contribution >= 4 is 23.3 Å². The summed E-state index contributed by atoms with van der Waals surface area (Å²) in [5.74, 6) is -2.17. The Labute approximate surface area is 154 Å². The molecule has 0 aliphatic carbocycles. The zero-order chi connectivity index (χ0) is 18.5. The Morgan fingerprint density at radius 1 is 0.846 bits per heavy atom. The predicted octanol–water partition coefficient (Wildman–Crippen LogP) is 5.53. The smallest absolute Gasteiger partial charge is 0.320 e. The standard InChI is InChI=1S/C20H15ClF2N2O/c21-15-11-16(22)17(23)12-18(15)24-20(26)25-19(13-7-3-1-4-8-13)14-9-5-2-6-10-14/h1-12,19H,(H2,24,25,26). The van der Waals surface area contributed by atoms with E-state index in [1.165, 1.54) is 0 Å². The second kappa shape index (κ2) is 7.97. The maximum absolute atomic E-state index is 13.4. The van der Waals surface area contributed by atoms with Gasteiger partial charge in [-0.1, -0.05) is 72.3 Å². The van der Waals surface area contributed by atoms with Gasteiger partial charge in [0.05, 0.1) is 16.8 Å². The fourth-order valence-electron chi connectivity index (χ4n) is 2.56. The summed E-state index contributed by atoms with van der Waals surface area (Å²) < 4.78 is 26.6. The number of halogens is 3. The molecule has 2 amide bonds. The zero-order valence-corrected chi connectivity index (χ0v) is 14.3. The molecule has 0 radical (unpaired) electrons. The van der Waals surface area contributed by atoms with E-state index in [-0.39, 0.29) is 10.7 Å². The van der Waals surface area contributed by atoms with Gasteiger partial charge in [0.15, 0.2) is 11.6 Å². The number of nitrogens with one attached hydrogen (secondary N) is 2. The quantitative estimate of drug-likeness (QED) is 0.581. The minimum atomic E-state index is -1.09. The molecule has 3 aromatic carbocycles. The molecule has 6 heteroatoms. The summed E-state index contributed by atoms with van der Waals surface area (Å²) in [5, 5.41) is 5.21. The minimum absolute atomic E-state index is 0.0112. The minimum Gasteiger partial charge on any atom is -0.327 e. The molecule has 132 valence electrons. The molecule has 0 bridgehead atoms. The van der Waals surface area contributed by atoms with Crippen LogP contribution in [-0.2, 0) is 0 Å². The summed E-state index contributed by atoms with van der Waals surface area (Å²) in [4.78, 5) is 12.4. The van der Waals surface area contributed by atoms with Crippen LogP contribution < -0.4 is 10.6 Å². The highest BCUT2D eigenvalue weighted by atomic mass is 35.5. The Balaban J connectivity index is 1.83. The highest BCUT2D eigenvalue weighted by molar-refractivity contribution is 6.33. The molecule has 0 heterocycles. The van der Waals surface area contributed by atoms with E-state index in [2.05, 4.69) is 10.6 Å². The highest BCUT2D eigenvalue weighted by Crippen LogP contribution is 2.26. The number of benzene rings is 3. The van der Waals surface area contributed by atoms with E-state index >= 15 is 0 Å². The number of rotatable bonds is 4. The molecule has 0 aromatic heterocycles. The van der Waals surface area contributed by atoms with Gasteiger partial charge in [-0.05, 0) is 17.2 Å². The van der Waals surface area contributed by atoms with Gasteiger partial charge in [0.25, 0.3) is 0 Å². The third kappa shape index (κ3) is 4.18. The lowest BCUT2D eigenvalue weighted by molar-refractivity contribution is 0.250. The van der Waals surface area contributed by atoms with Crippen LogP contribution in [0.25, 0.3) is 0 Å². The maximum atomic E-state index is 13.4. The van der Waals surface area contributed by atoms with Crippen LogP contribution in [0.15, 0.2) is 72.8 Å². The van der Waals surface area contributed by atoms with Crippen LogP contribution in [0.5, 0.6) is 0 Å². The number of hydrogen-bond donors (Lipinski definition) is 2. The Hall–Kier alpha value is -2.92. The molecule has 26 heavy (non-hydrogen) atoms. The molecule has 2 N–H and O–H groups in total. The van der Waals surface area contributed by atoms with E-state index < -0.39 is 23.7 Å². The highest BCUT2D eigenvalue weighted by Gasteiger charge is 2.18. The van der Waals surface area contributed by atoms with Crippen molar-refractivity contribution in [3.05, 3.63) is 101 Å². The fourth-order valence-corrected chi connectivity index (χ4v) is 2.76. The van der Waals surface area contributed by atoms with E-state index in [1.54, 1.807) is 0 Å². The molecule has 0 spiro atoms. The zero-order valence-electron chi connectivity index (χ0n) is 13.5. The molecular formula is C20H15ClF2N2O. The number of amides is 2. The van der Waals surface area contributed by atoms with E-state index in [1.807, 2.05) is 60.7 Å². The lowest BCUT2D eigenvalue weighted by Crippen LogP contribution is -2.33. The third-order valence-corrected chi connectivity index (χ3v) is 4.11. The first-order valence-electron chi connectivity index (χ1n) is 7.86. The van der Waals surface area contributed by atoms with Gasteiger partial charge in [-0.2, -0.15) is 0 Å². The Kier molecular flexibility index (Phi) is 5.49. The van der Waals surface area contributed by atoms with E-state index in [0.717, 1.165) is 23.3 Å². The topological polar surface area (TPSA) is 41.1 Å². The van der Waals surface area contributed by atoms with Gasteiger partial charge in [0.2, 0.25) is 0 Å². The summed E-state index contributed by atoms with van der Waals surface area (Å²) in [6, 6.07) is 19.5. The number of carbonyl (C=O) groups excluding carboxylic acids is 1. The van der Waals surface area contributed by atoms with Gasteiger partial charge in [0, 0.05) is 6.07 Å². The van der Waals surface area contributed by atoms with Crippen molar-refractivity contribution in [3.8, 4) is 0 Å². The second-order valence-corrected chi connectivity index (χ2v) is 6.01. The van der Waals surface area contributed by atoms with Crippen LogP contribution in [0, 0.1) is 11.6 Å². The van der Waals surface area contributed by atoms with E-state index in [9.17, 15) is 13.6 Å². The molecule has 0 aliphatic rings. The van der Waals surface area contributed by atoms with Gasteiger partial charge < -0.3 is 10.6 Å². The molecule has 0 fully saturated rings. The molecule has 0 atom stereocenters. The normalized spacial score (nSPS) is 10.6. The number of carbonyl (C=O) groups is 1. The van der Waals surface area contributed by atoms with Crippen LogP contribution in [0.3, 0.4) is 0 Å². The van der Waals surface area contributed by atoms with Gasteiger partial charge >= 0.3 is 6.03 Å². The van der Waals surface area contributed by atoms with Gasteiger partial charge in [-0.3, -0.25) is 0 Å². The van der Waals surface area contributed by atoms with E-state index in [0.29, 0.717) is 0 Å². The molecule has 3 nitrogen and oxygen atoms in total. The van der Waals surface area contributed by atoms with Gasteiger partial charge in [0.1, 0.15) is 0 Å². The Bertz CT molecular complexity index is 865. The maximum Gasteiger partial charge on any atom is 0.320 e. The Morgan fingerprint density at radius 2 is 1.35 bits per heavy atom. The predicted molar refractivity (Wildman–Crippen MR) is 98.2 cm³/mol. The SMILES string of the molecule is O=C(Nc1cc(F)c(F)cc1Cl)NC(c1ccccc1)c1ccccc1. The first kappa shape index (κ1) is 17.9. The van der Waals surface area contributed by atoms with Crippen molar-refractivity contribution in [2.75, 3.05) is 5.32 Å². The fraction of sp³-hybridized carbons (Fsp3) is 0.0500. The third-order valence-electron chi connectivity index (χ3n) is 3.80. The number of hydrogen-bond acceptors (Lipinski definition) is 1. The molecular weight excluding hydrogens is 358 g/mol. The average Bonchev–Trinajstić information content (AvgIpc) is 2.65. The summed E-state index contributed by atoms with van der Waals surface area (Å²) in [7, 11) is 0.